The zero-order valence-electron chi connectivity index (χ0n) is 7.37. The Balaban J connectivity index is 1.88. The number of rotatable bonds is 1. The van der Waals surface area contributed by atoms with Crippen LogP contribution in [0.3, 0.4) is 0 Å². The summed E-state index contributed by atoms with van der Waals surface area (Å²) in [5, 5.41) is 7.94. The first kappa shape index (κ1) is 8.20. The topological polar surface area (TPSA) is 38.5 Å². The molecule has 1 fully saturated rings. The van der Waals surface area contributed by atoms with E-state index in [0.717, 1.165) is 26.1 Å². The van der Waals surface area contributed by atoms with Gasteiger partial charge < -0.3 is 5.32 Å². The van der Waals surface area contributed by atoms with Gasteiger partial charge in [0.05, 0.1) is 12.1 Å². The number of nitrogens with zero attached hydrogens (tertiary/aromatic N) is 2. The normalized spacial score (nSPS) is 36.7. The number of hydrogen-bond donors (Lipinski definition) is 1. The predicted molar refractivity (Wildman–Crippen MR) is 49.8 cm³/mol. The average Bonchev–Trinajstić information content (AvgIpc) is 2.21. The van der Waals surface area contributed by atoms with Crippen molar-refractivity contribution in [1.82, 2.24) is 10.6 Å². The van der Waals surface area contributed by atoms with Crippen molar-refractivity contribution >= 4 is 6.21 Å². The quantitative estimate of drug-likeness (QED) is 0.593. The van der Waals surface area contributed by atoms with Crippen LogP contribution in [0, 0.1) is 0 Å². The van der Waals surface area contributed by atoms with Crippen LogP contribution in [0.15, 0.2) is 4.99 Å². The molecular weight excluding hydrogens is 150 g/mol. The molecule has 2 unspecified atom stereocenters. The second-order valence-electron chi connectivity index (χ2n) is 3.51. The zero-order chi connectivity index (χ0) is 8.23. The lowest BCUT2D eigenvalue weighted by atomic mass is 9.99. The summed E-state index contributed by atoms with van der Waals surface area (Å²) in [6.45, 7) is 3.05. The predicted octanol–water partition coefficient (Wildman–Crippen LogP) is 0.186. The molecule has 0 aliphatic carbocycles. The summed E-state index contributed by atoms with van der Waals surface area (Å²) in [7, 11) is 0. The third-order valence-electron chi connectivity index (χ3n) is 2.58. The summed E-state index contributed by atoms with van der Waals surface area (Å²) in [5.74, 6) is 0. The molecule has 0 amide bonds. The van der Waals surface area contributed by atoms with Gasteiger partial charge in [0.1, 0.15) is 0 Å². The summed E-state index contributed by atoms with van der Waals surface area (Å²) in [4.78, 5) is 4.49. The van der Waals surface area contributed by atoms with E-state index in [1.165, 1.54) is 12.8 Å². The summed E-state index contributed by atoms with van der Waals surface area (Å²) < 4.78 is 0. The molecule has 0 bridgehead atoms. The number of hydrogen-bond acceptors (Lipinski definition) is 2. The first-order valence-electron chi connectivity index (χ1n) is 4.86. The molecule has 2 aliphatic heterocycles. The van der Waals surface area contributed by atoms with Crippen molar-refractivity contribution in [3.8, 4) is 0 Å². The average molecular weight is 166 g/mol. The Kier molecular flexibility index (Phi) is 2.74. The van der Waals surface area contributed by atoms with E-state index in [0.29, 0.717) is 12.1 Å². The molecule has 0 aromatic rings. The van der Waals surface area contributed by atoms with Crippen LogP contribution in [-0.2, 0) is 0 Å². The smallest absolute Gasteiger partial charge is 0.0677 e. The van der Waals surface area contributed by atoms with Crippen LogP contribution in [0.25, 0.3) is 0 Å². The van der Waals surface area contributed by atoms with Crippen molar-refractivity contribution in [3.63, 3.8) is 0 Å². The molecule has 1 N–H and O–H groups in total. The van der Waals surface area contributed by atoms with E-state index in [4.69, 9.17) is 0 Å². The fourth-order valence-electron chi connectivity index (χ4n) is 1.88. The molecule has 2 rings (SSSR count). The van der Waals surface area contributed by atoms with E-state index >= 15 is 0 Å². The van der Waals surface area contributed by atoms with Gasteiger partial charge in [-0.2, -0.15) is 0 Å². The van der Waals surface area contributed by atoms with E-state index in [1.807, 2.05) is 0 Å². The minimum Gasteiger partial charge on any atom is -0.314 e. The standard InChI is InChI=1S/C9H16N3/c1-2-4-11-8(3-1)9-7-10-5-6-12-9/h4,8-10H,1-3,5-7H2. The van der Waals surface area contributed by atoms with Crippen molar-refractivity contribution in [1.29, 1.82) is 0 Å². The van der Waals surface area contributed by atoms with Crippen LogP contribution in [-0.4, -0.2) is 37.9 Å². The molecule has 67 valence electrons. The van der Waals surface area contributed by atoms with E-state index in [1.54, 1.807) is 0 Å². The van der Waals surface area contributed by atoms with Crippen LogP contribution in [0.4, 0.5) is 0 Å². The minimum absolute atomic E-state index is 0.454. The van der Waals surface area contributed by atoms with Gasteiger partial charge in [-0.25, -0.2) is 5.32 Å². The maximum Gasteiger partial charge on any atom is 0.0677 e. The summed E-state index contributed by atoms with van der Waals surface area (Å²) in [6.07, 6.45) is 5.75. The highest BCUT2D eigenvalue weighted by atomic mass is 15.1. The Morgan fingerprint density at radius 1 is 1.33 bits per heavy atom. The third-order valence-corrected chi connectivity index (χ3v) is 2.58. The number of nitrogens with one attached hydrogen (secondary N) is 1. The second kappa shape index (κ2) is 4.01. The number of aliphatic imine (C=N–C) groups is 1. The first-order chi connectivity index (χ1) is 5.97. The molecule has 0 aromatic heterocycles. The molecule has 0 saturated carbocycles. The van der Waals surface area contributed by atoms with Gasteiger partial charge in [0.25, 0.3) is 0 Å². The van der Waals surface area contributed by atoms with Gasteiger partial charge in [-0.1, -0.05) is 0 Å². The minimum atomic E-state index is 0.454. The molecular formula is C9H16N3. The Labute approximate surface area is 73.6 Å². The molecule has 0 aromatic carbocycles. The lowest BCUT2D eigenvalue weighted by molar-refractivity contribution is 0.342. The van der Waals surface area contributed by atoms with Gasteiger partial charge in [-0.15, -0.1) is 0 Å². The summed E-state index contributed by atoms with van der Waals surface area (Å²) in [6, 6.07) is 0.932. The van der Waals surface area contributed by atoms with E-state index in [9.17, 15) is 0 Å². The van der Waals surface area contributed by atoms with Crippen LogP contribution in [0.2, 0.25) is 0 Å². The van der Waals surface area contributed by atoms with Crippen LogP contribution in [0.1, 0.15) is 19.3 Å². The molecule has 1 radical (unpaired) electrons. The molecule has 3 heteroatoms. The van der Waals surface area contributed by atoms with Gasteiger partial charge >= 0.3 is 0 Å². The van der Waals surface area contributed by atoms with Gasteiger partial charge in [-0.05, 0) is 25.5 Å². The van der Waals surface area contributed by atoms with E-state index in [-0.39, 0.29) is 0 Å². The molecule has 2 atom stereocenters. The summed E-state index contributed by atoms with van der Waals surface area (Å²) >= 11 is 0. The largest absolute Gasteiger partial charge is 0.314 e. The maximum absolute atomic E-state index is 4.58. The molecule has 0 spiro atoms. The highest BCUT2D eigenvalue weighted by Crippen LogP contribution is 2.14. The van der Waals surface area contributed by atoms with Crippen molar-refractivity contribution in [2.75, 3.05) is 19.6 Å². The van der Waals surface area contributed by atoms with Crippen molar-refractivity contribution < 1.29 is 0 Å². The Hall–Kier alpha value is -0.410. The van der Waals surface area contributed by atoms with Crippen LogP contribution in [0.5, 0.6) is 0 Å². The highest BCUT2D eigenvalue weighted by Gasteiger charge is 2.23. The van der Waals surface area contributed by atoms with Crippen LogP contribution < -0.4 is 10.6 Å². The Morgan fingerprint density at radius 2 is 2.33 bits per heavy atom. The Bertz CT molecular complexity index is 161. The molecule has 3 nitrogen and oxygen atoms in total. The molecule has 1 saturated heterocycles. The molecule has 2 heterocycles. The van der Waals surface area contributed by atoms with Crippen molar-refractivity contribution in [2.45, 2.75) is 31.3 Å². The van der Waals surface area contributed by atoms with Crippen molar-refractivity contribution in [2.24, 2.45) is 4.99 Å². The molecule has 12 heavy (non-hydrogen) atoms. The monoisotopic (exact) mass is 166 g/mol. The van der Waals surface area contributed by atoms with Crippen LogP contribution >= 0.6 is 0 Å². The SMILES string of the molecule is C1=NC(C2CNCC[N]2)CCC1. The lowest BCUT2D eigenvalue weighted by Crippen LogP contribution is -2.49. The van der Waals surface area contributed by atoms with Gasteiger partial charge in [0.2, 0.25) is 0 Å². The van der Waals surface area contributed by atoms with Crippen molar-refractivity contribution in [3.05, 3.63) is 0 Å². The maximum atomic E-state index is 4.58. The van der Waals surface area contributed by atoms with E-state index in [2.05, 4.69) is 21.8 Å². The van der Waals surface area contributed by atoms with E-state index < -0.39 is 0 Å². The van der Waals surface area contributed by atoms with Gasteiger partial charge in [0, 0.05) is 19.6 Å². The Morgan fingerprint density at radius 3 is 3.00 bits per heavy atom. The summed E-state index contributed by atoms with van der Waals surface area (Å²) in [5.41, 5.74) is 0. The van der Waals surface area contributed by atoms with Gasteiger partial charge in [0.15, 0.2) is 0 Å². The fraction of sp³-hybridized carbons (Fsp3) is 0.889. The zero-order valence-corrected chi connectivity index (χ0v) is 7.37. The fourth-order valence-corrected chi connectivity index (χ4v) is 1.88. The van der Waals surface area contributed by atoms with Gasteiger partial charge in [-0.3, -0.25) is 4.99 Å². The molecule has 2 aliphatic rings. The lowest BCUT2D eigenvalue weighted by Gasteiger charge is -2.29. The third kappa shape index (κ3) is 1.84. The number of piperazine rings is 1. The first-order valence-corrected chi connectivity index (χ1v) is 4.86. The highest BCUT2D eigenvalue weighted by molar-refractivity contribution is 5.58. The second-order valence-corrected chi connectivity index (χ2v) is 3.51.